The molecule has 0 aromatic heterocycles. The Morgan fingerprint density at radius 1 is 0.441 bits per heavy atom. The van der Waals surface area contributed by atoms with Gasteiger partial charge in [0.25, 0.3) is 0 Å². The summed E-state index contributed by atoms with van der Waals surface area (Å²) in [5.74, 6) is 1.13. The van der Waals surface area contributed by atoms with E-state index in [0.29, 0.717) is 11.8 Å². The Hall–Kier alpha value is -7.28. The number of hydrogen-bond acceptors (Lipinski definition) is 0. The van der Waals surface area contributed by atoms with Gasteiger partial charge in [-0.25, -0.2) is 0 Å². The molecule has 0 heterocycles. The molecular formula is C68H54. The van der Waals surface area contributed by atoms with E-state index in [1.165, 1.54) is 140 Å². The molecule has 0 bridgehead atoms. The number of fused-ring (bicyclic) bond motifs is 10. The molecule has 3 unspecified atom stereocenters. The molecule has 0 aliphatic heterocycles. The molecule has 68 heavy (non-hydrogen) atoms. The van der Waals surface area contributed by atoms with E-state index in [2.05, 4.69) is 223 Å². The number of hydrogen-bond donors (Lipinski definition) is 0. The highest BCUT2D eigenvalue weighted by Gasteiger charge is 2.53. The van der Waals surface area contributed by atoms with Crippen LogP contribution in [-0.2, 0) is 10.8 Å². The van der Waals surface area contributed by atoms with Gasteiger partial charge in [0.1, 0.15) is 0 Å². The average molecular weight is 871 g/mol. The van der Waals surface area contributed by atoms with Gasteiger partial charge in [0, 0.05) is 10.8 Å². The molecule has 14 rings (SSSR count). The molecule has 0 saturated heterocycles. The molecule has 11 aromatic rings. The van der Waals surface area contributed by atoms with Crippen molar-refractivity contribution in [3.8, 4) is 55.6 Å². The molecule has 1 saturated carbocycles. The van der Waals surface area contributed by atoms with Crippen LogP contribution in [0.4, 0.5) is 0 Å². The van der Waals surface area contributed by atoms with Crippen LogP contribution in [0.3, 0.4) is 0 Å². The molecule has 1 fully saturated rings. The molecule has 0 N–H and O–H groups in total. The average Bonchev–Trinajstić information content (AvgIpc) is 3.79. The number of allylic oxidation sites excluding steroid dienone is 2. The van der Waals surface area contributed by atoms with Crippen molar-refractivity contribution < 1.29 is 0 Å². The van der Waals surface area contributed by atoms with Gasteiger partial charge in [-0.2, -0.15) is 0 Å². The molecule has 0 amide bonds. The van der Waals surface area contributed by atoms with E-state index in [9.17, 15) is 0 Å². The second-order valence-corrected chi connectivity index (χ2v) is 21.0. The first-order valence-electron chi connectivity index (χ1n) is 25.1. The minimum absolute atomic E-state index is 0.0478. The van der Waals surface area contributed by atoms with E-state index in [-0.39, 0.29) is 10.8 Å². The zero-order valence-corrected chi connectivity index (χ0v) is 39.7. The van der Waals surface area contributed by atoms with E-state index < -0.39 is 0 Å². The van der Waals surface area contributed by atoms with Gasteiger partial charge >= 0.3 is 0 Å². The highest BCUT2D eigenvalue weighted by molar-refractivity contribution is 6.26. The Kier molecular flexibility index (Phi) is 8.42. The van der Waals surface area contributed by atoms with Crippen molar-refractivity contribution in [1.82, 2.24) is 0 Å². The summed E-state index contributed by atoms with van der Waals surface area (Å²) in [6.45, 7) is 12.0. The summed E-state index contributed by atoms with van der Waals surface area (Å²) in [4.78, 5) is 0. The Morgan fingerprint density at radius 2 is 0.941 bits per heavy atom. The Morgan fingerprint density at radius 3 is 1.57 bits per heavy atom. The predicted molar refractivity (Wildman–Crippen MR) is 291 cm³/mol. The van der Waals surface area contributed by atoms with E-state index in [1.54, 1.807) is 16.7 Å². The van der Waals surface area contributed by atoms with Gasteiger partial charge in [0.15, 0.2) is 0 Å². The van der Waals surface area contributed by atoms with Gasteiger partial charge in [-0.05, 0) is 194 Å². The minimum atomic E-state index is -0.184. The minimum Gasteiger partial charge on any atom is -0.0884 e. The molecule has 0 heteroatoms. The van der Waals surface area contributed by atoms with E-state index in [4.69, 9.17) is 0 Å². The van der Waals surface area contributed by atoms with Crippen molar-refractivity contribution in [2.75, 3.05) is 0 Å². The first-order valence-corrected chi connectivity index (χ1v) is 25.1. The summed E-state index contributed by atoms with van der Waals surface area (Å²) in [6.07, 6.45) is 5.93. The Labute approximate surface area is 400 Å². The lowest BCUT2D eigenvalue weighted by molar-refractivity contribution is 0.188. The fourth-order valence-electron chi connectivity index (χ4n) is 14.4. The standard InChI is InChI=1S/C68H54/c1-6-41-33-40(3)68(50(7-2)34-41)59-22-13-12-17-51(59)58-37-44(29-32-60(58)68)45-27-30-52-53-31-28-48(39-62(53)67(4,5)61(52)38-45)65-54-18-8-10-20-56(54)66(57-21-11-9-19-55(57)65)49-35-46-25-23-42-15-14-16-43-24-26-47(36-49)64(46)63(42)43/h6,8-32,35-40,50H,7,33-34H2,1-5H3. The first-order chi connectivity index (χ1) is 33.3. The normalized spacial score (nSPS) is 19.7. The Balaban J connectivity index is 0.881. The summed E-state index contributed by atoms with van der Waals surface area (Å²) < 4.78 is 0. The van der Waals surface area contributed by atoms with Gasteiger partial charge in [-0.3, -0.25) is 0 Å². The monoisotopic (exact) mass is 870 g/mol. The van der Waals surface area contributed by atoms with Gasteiger partial charge in [-0.1, -0.05) is 197 Å². The Bertz CT molecular complexity index is 3850. The van der Waals surface area contributed by atoms with Crippen molar-refractivity contribution >= 4 is 53.9 Å². The largest absolute Gasteiger partial charge is 0.0884 e. The van der Waals surface area contributed by atoms with Gasteiger partial charge < -0.3 is 0 Å². The van der Waals surface area contributed by atoms with E-state index in [1.807, 2.05) is 0 Å². The molecule has 3 aliphatic carbocycles. The maximum Gasteiger partial charge on any atom is 0.0274 e. The molecule has 3 atom stereocenters. The zero-order chi connectivity index (χ0) is 45.6. The lowest BCUT2D eigenvalue weighted by atomic mass is 9.54. The van der Waals surface area contributed by atoms with Gasteiger partial charge in [-0.15, -0.1) is 0 Å². The highest BCUT2D eigenvalue weighted by atomic mass is 14.6. The van der Waals surface area contributed by atoms with Crippen LogP contribution in [0.5, 0.6) is 0 Å². The summed E-state index contributed by atoms with van der Waals surface area (Å²) in [6, 6.07) is 70.5. The van der Waals surface area contributed by atoms with Crippen LogP contribution < -0.4 is 0 Å². The maximum absolute atomic E-state index is 2.53. The molecule has 0 nitrogen and oxygen atoms in total. The molecule has 0 radical (unpaired) electrons. The van der Waals surface area contributed by atoms with Crippen LogP contribution in [0.25, 0.3) is 109 Å². The van der Waals surface area contributed by atoms with Gasteiger partial charge in [0.05, 0.1) is 0 Å². The van der Waals surface area contributed by atoms with Crippen LogP contribution in [0.2, 0.25) is 0 Å². The third-order valence-electron chi connectivity index (χ3n) is 17.5. The smallest absolute Gasteiger partial charge is 0.0274 e. The summed E-state index contributed by atoms with van der Waals surface area (Å²) in [5, 5.41) is 13.1. The molecular weight excluding hydrogens is 817 g/mol. The van der Waals surface area contributed by atoms with Crippen LogP contribution in [0, 0.1) is 11.8 Å². The van der Waals surface area contributed by atoms with Crippen LogP contribution in [0.1, 0.15) is 76.1 Å². The zero-order valence-electron chi connectivity index (χ0n) is 39.7. The number of rotatable bonds is 4. The summed E-state index contributed by atoms with van der Waals surface area (Å²) in [7, 11) is 0. The van der Waals surface area contributed by atoms with Gasteiger partial charge in [0.2, 0.25) is 0 Å². The third-order valence-corrected chi connectivity index (χ3v) is 17.5. The maximum atomic E-state index is 2.53. The first kappa shape index (κ1) is 39.8. The fourth-order valence-corrected chi connectivity index (χ4v) is 14.4. The van der Waals surface area contributed by atoms with Crippen molar-refractivity contribution in [3.05, 3.63) is 216 Å². The lowest BCUT2D eigenvalue weighted by Crippen LogP contribution is -2.44. The summed E-state index contributed by atoms with van der Waals surface area (Å²) in [5.41, 5.74) is 20.7. The second-order valence-electron chi connectivity index (χ2n) is 21.0. The van der Waals surface area contributed by atoms with Crippen LogP contribution >= 0.6 is 0 Å². The molecule has 3 aliphatic rings. The highest BCUT2D eigenvalue weighted by Crippen LogP contribution is 2.62. The van der Waals surface area contributed by atoms with E-state index in [0.717, 1.165) is 0 Å². The lowest BCUT2D eigenvalue weighted by Gasteiger charge is -2.49. The predicted octanol–water partition coefficient (Wildman–Crippen LogP) is 18.9. The van der Waals surface area contributed by atoms with Crippen molar-refractivity contribution in [3.63, 3.8) is 0 Å². The molecule has 326 valence electrons. The quantitative estimate of drug-likeness (QED) is 0.0939. The van der Waals surface area contributed by atoms with Crippen molar-refractivity contribution in [1.29, 1.82) is 0 Å². The van der Waals surface area contributed by atoms with Crippen molar-refractivity contribution in [2.45, 2.75) is 64.7 Å². The SMILES string of the molecule is CC=C1CC(C)C2(c3ccccc3-c3cc(-c4ccc5c(c4)C(C)(C)c4cc(-c6c7ccccc7c(-c7cc8ccc9cccc%10ccc(c7)c8c9%10)c7ccccc67)ccc4-5)ccc32)C(CC)C1. The fraction of sp³-hybridized carbons (Fsp3) is 0.176. The van der Waals surface area contributed by atoms with E-state index >= 15 is 0 Å². The van der Waals surface area contributed by atoms with Crippen LogP contribution in [-0.4, -0.2) is 0 Å². The summed E-state index contributed by atoms with van der Waals surface area (Å²) >= 11 is 0. The third kappa shape index (κ3) is 5.27. The topological polar surface area (TPSA) is 0 Å². The number of benzene rings is 11. The molecule has 11 aromatic carbocycles. The van der Waals surface area contributed by atoms with Crippen molar-refractivity contribution in [2.24, 2.45) is 11.8 Å². The van der Waals surface area contributed by atoms with Crippen LogP contribution in [0.15, 0.2) is 194 Å². The second kappa shape index (κ2) is 14.4. The molecule has 1 spiro atoms.